The number of fused-ring (bicyclic) bond motifs is 1. The molecule has 27 heavy (non-hydrogen) atoms. The maximum atomic E-state index is 12.9. The first-order valence-corrected chi connectivity index (χ1v) is 9.20. The van der Waals surface area contributed by atoms with E-state index in [4.69, 9.17) is 10.5 Å². The van der Waals surface area contributed by atoms with E-state index in [9.17, 15) is 14.0 Å². The van der Waals surface area contributed by atoms with E-state index in [2.05, 4.69) is 10.4 Å². The van der Waals surface area contributed by atoms with Crippen LogP contribution in [0.1, 0.15) is 24.3 Å². The van der Waals surface area contributed by atoms with Crippen molar-refractivity contribution in [3.63, 3.8) is 0 Å². The van der Waals surface area contributed by atoms with Crippen molar-refractivity contribution in [2.75, 3.05) is 19.0 Å². The standard InChI is InChI=1S/C18H19FN4O3S/c1-10(2)21-17(24)15-13-9-27-16(20)14(13)18(25)23(22-15)11-3-5-12(6-4-11)26-8-7-19/h3-6,9-10H,7-8,20H2,1-2H3,(H,21,24). The molecular weight excluding hydrogens is 371 g/mol. The number of benzene rings is 1. The fraction of sp³-hybridized carbons (Fsp3) is 0.278. The molecule has 0 aliphatic heterocycles. The number of carbonyl (C=O) groups is 1. The summed E-state index contributed by atoms with van der Waals surface area (Å²) in [4.78, 5) is 25.4. The van der Waals surface area contributed by atoms with Crippen molar-refractivity contribution in [3.8, 4) is 11.4 Å². The topological polar surface area (TPSA) is 99.2 Å². The summed E-state index contributed by atoms with van der Waals surface area (Å²) in [5, 5.41) is 9.74. The number of nitrogens with two attached hydrogens (primary N) is 1. The number of carbonyl (C=O) groups excluding carboxylic acids is 1. The number of nitrogens with zero attached hydrogens (tertiary/aromatic N) is 2. The molecule has 2 heterocycles. The molecule has 0 aliphatic carbocycles. The lowest BCUT2D eigenvalue weighted by molar-refractivity contribution is 0.0938. The minimum absolute atomic E-state index is 0.0472. The average Bonchev–Trinajstić information content (AvgIpc) is 3.02. The molecule has 0 radical (unpaired) electrons. The van der Waals surface area contributed by atoms with Gasteiger partial charge < -0.3 is 15.8 Å². The summed E-state index contributed by atoms with van der Waals surface area (Å²) in [6.07, 6.45) is 0. The summed E-state index contributed by atoms with van der Waals surface area (Å²) in [6.45, 7) is 3.03. The lowest BCUT2D eigenvalue weighted by Crippen LogP contribution is -2.33. The number of thiophene rings is 1. The highest BCUT2D eigenvalue weighted by Crippen LogP contribution is 2.27. The molecule has 7 nitrogen and oxygen atoms in total. The first-order chi connectivity index (χ1) is 12.9. The van der Waals surface area contributed by atoms with Crippen LogP contribution >= 0.6 is 11.3 Å². The number of nitrogen functional groups attached to an aromatic ring is 1. The summed E-state index contributed by atoms with van der Waals surface area (Å²) in [7, 11) is 0. The summed E-state index contributed by atoms with van der Waals surface area (Å²) >= 11 is 1.19. The molecule has 3 N–H and O–H groups in total. The molecule has 9 heteroatoms. The van der Waals surface area contributed by atoms with Crippen molar-refractivity contribution in [1.82, 2.24) is 15.1 Å². The Labute approximate surface area is 158 Å². The Morgan fingerprint density at radius 2 is 2.07 bits per heavy atom. The van der Waals surface area contributed by atoms with Crippen LogP contribution in [-0.2, 0) is 0 Å². The fourth-order valence-corrected chi connectivity index (χ4v) is 3.38. The molecule has 3 rings (SSSR count). The van der Waals surface area contributed by atoms with Gasteiger partial charge in [0, 0.05) is 16.8 Å². The van der Waals surface area contributed by atoms with Crippen LogP contribution in [0.15, 0.2) is 34.4 Å². The first-order valence-electron chi connectivity index (χ1n) is 8.32. The number of amides is 1. The zero-order valence-corrected chi connectivity index (χ0v) is 15.7. The van der Waals surface area contributed by atoms with Crippen molar-refractivity contribution in [2.45, 2.75) is 19.9 Å². The van der Waals surface area contributed by atoms with Gasteiger partial charge in [0.25, 0.3) is 11.5 Å². The Hall–Kier alpha value is -2.94. The lowest BCUT2D eigenvalue weighted by Gasteiger charge is -2.12. The number of hydrogen-bond donors (Lipinski definition) is 2. The molecule has 0 saturated carbocycles. The first kappa shape index (κ1) is 18.8. The van der Waals surface area contributed by atoms with E-state index >= 15 is 0 Å². The van der Waals surface area contributed by atoms with Gasteiger partial charge in [-0.05, 0) is 38.1 Å². The number of alkyl halides is 1. The van der Waals surface area contributed by atoms with Crippen LogP contribution in [0.25, 0.3) is 16.5 Å². The van der Waals surface area contributed by atoms with Gasteiger partial charge >= 0.3 is 0 Å². The number of nitrogens with one attached hydrogen (secondary N) is 1. The molecule has 3 aromatic rings. The van der Waals surface area contributed by atoms with Crippen LogP contribution in [-0.4, -0.2) is 35.0 Å². The minimum Gasteiger partial charge on any atom is -0.491 e. The van der Waals surface area contributed by atoms with Gasteiger partial charge in [-0.1, -0.05) is 0 Å². The zero-order valence-electron chi connectivity index (χ0n) is 14.9. The smallest absolute Gasteiger partial charge is 0.282 e. The van der Waals surface area contributed by atoms with Gasteiger partial charge in [-0.25, -0.2) is 4.39 Å². The number of hydrogen-bond acceptors (Lipinski definition) is 6. The van der Waals surface area contributed by atoms with E-state index in [1.165, 1.54) is 11.3 Å². The second kappa shape index (κ2) is 7.75. The Morgan fingerprint density at radius 3 is 2.70 bits per heavy atom. The summed E-state index contributed by atoms with van der Waals surface area (Å²) in [5.41, 5.74) is 6.12. The number of anilines is 1. The van der Waals surface area contributed by atoms with Gasteiger partial charge in [-0.15, -0.1) is 11.3 Å². The molecule has 0 aliphatic rings. The monoisotopic (exact) mass is 390 g/mol. The predicted octanol–water partition coefficient (Wildman–Crippen LogP) is 2.52. The maximum Gasteiger partial charge on any atom is 0.282 e. The summed E-state index contributed by atoms with van der Waals surface area (Å²) < 4.78 is 18.5. The molecule has 0 atom stereocenters. The number of aromatic nitrogens is 2. The Morgan fingerprint density at radius 1 is 1.37 bits per heavy atom. The van der Waals surface area contributed by atoms with E-state index in [1.54, 1.807) is 29.6 Å². The highest BCUT2D eigenvalue weighted by Gasteiger charge is 2.21. The molecular formula is C18H19FN4O3S. The normalized spacial score (nSPS) is 11.1. The summed E-state index contributed by atoms with van der Waals surface area (Å²) in [5.74, 6) is 0.0859. The molecule has 0 bridgehead atoms. The Balaban J connectivity index is 2.12. The highest BCUT2D eigenvalue weighted by molar-refractivity contribution is 7.15. The van der Waals surface area contributed by atoms with Gasteiger partial charge in [0.1, 0.15) is 19.0 Å². The number of halogens is 1. The second-order valence-corrected chi connectivity index (χ2v) is 7.02. The quantitative estimate of drug-likeness (QED) is 0.674. The fourth-order valence-electron chi connectivity index (χ4n) is 2.59. The van der Waals surface area contributed by atoms with Gasteiger partial charge in [0.15, 0.2) is 5.69 Å². The van der Waals surface area contributed by atoms with Gasteiger partial charge in [0.2, 0.25) is 0 Å². The Bertz CT molecular complexity index is 1030. The number of rotatable bonds is 6. The van der Waals surface area contributed by atoms with Crippen molar-refractivity contribution >= 4 is 33.0 Å². The molecule has 0 fully saturated rings. The summed E-state index contributed by atoms with van der Waals surface area (Å²) in [6, 6.07) is 6.35. The van der Waals surface area contributed by atoms with Gasteiger partial charge in [-0.2, -0.15) is 9.78 Å². The molecule has 1 aromatic carbocycles. The van der Waals surface area contributed by atoms with Crippen molar-refractivity contribution in [1.29, 1.82) is 0 Å². The third-order valence-electron chi connectivity index (χ3n) is 3.74. The third kappa shape index (κ3) is 3.77. The molecule has 1 amide bonds. The van der Waals surface area contributed by atoms with Crippen molar-refractivity contribution in [2.24, 2.45) is 0 Å². The molecule has 0 unspecified atom stereocenters. The van der Waals surface area contributed by atoms with Crippen LogP contribution in [0.2, 0.25) is 0 Å². The number of ether oxygens (including phenoxy) is 1. The van der Waals surface area contributed by atoms with E-state index in [0.29, 0.717) is 21.8 Å². The third-order valence-corrected chi connectivity index (χ3v) is 4.55. The zero-order chi connectivity index (χ0) is 19.6. The Kier molecular flexibility index (Phi) is 5.41. The van der Waals surface area contributed by atoms with E-state index in [1.807, 2.05) is 13.8 Å². The minimum atomic E-state index is -0.592. The van der Waals surface area contributed by atoms with Crippen LogP contribution < -0.4 is 21.3 Å². The molecule has 0 spiro atoms. The van der Waals surface area contributed by atoms with Gasteiger partial charge in [-0.3, -0.25) is 9.59 Å². The maximum absolute atomic E-state index is 12.9. The highest BCUT2D eigenvalue weighted by atomic mass is 32.1. The second-order valence-electron chi connectivity index (χ2n) is 6.11. The van der Waals surface area contributed by atoms with Crippen LogP contribution in [0.4, 0.5) is 9.39 Å². The molecule has 0 saturated heterocycles. The molecule has 142 valence electrons. The van der Waals surface area contributed by atoms with Crippen LogP contribution in [0.5, 0.6) is 5.75 Å². The molecule has 2 aromatic heterocycles. The van der Waals surface area contributed by atoms with Crippen LogP contribution in [0.3, 0.4) is 0 Å². The van der Waals surface area contributed by atoms with Crippen LogP contribution in [0, 0.1) is 0 Å². The van der Waals surface area contributed by atoms with Gasteiger partial charge in [0.05, 0.1) is 16.1 Å². The predicted molar refractivity (Wildman–Crippen MR) is 104 cm³/mol. The SMILES string of the molecule is CC(C)NC(=O)c1nn(-c2ccc(OCCF)cc2)c(=O)c2c(N)scc12. The van der Waals surface area contributed by atoms with E-state index in [-0.39, 0.29) is 29.6 Å². The van der Waals surface area contributed by atoms with E-state index in [0.717, 1.165) is 4.68 Å². The van der Waals surface area contributed by atoms with Crippen molar-refractivity contribution in [3.05, 3.63) is 45.7 Å². The largest absolute Gasteiger partial charge is 0.491 e. The lowest BCUT2D eigenvalue weighted by atomic mass is 10.2. The average molecular weight is 390 g/mol. The van der Waals surface area contributed by atoms with E-state index < -0.39 is 12.2 Å². The van der Waals surface area contributed by atoms with Crippen molar-refractivity contribution < 1.29 is 13.9 Å².